The molecule has 26 heavy (non-hydrogen) atoms. The highest BCUT2D eigenvalue weighted by molar-refractivity contribution is 9.10. The van der Waals surface area contributed by atoms with Gasteiger partial charge in [-0.1, -0.05) is 38.4 Å². The van der Waals surface area contributed by atoms with E-state index in [9.17, 15) is 4.79 Å². The predicted molar refractivity (Wildman–Crippen MR) is 107 cm³/mol. The lowest BCUT2D eigenvalue weighted by molar-refractivity contribution is 0.214. The van der Waals surface area contributed by atoms with E-state index in [2.05, 4.69) is 42.0 Å². The summed E-state index contributed by atoms with van der Waals surface area (Å²) in [4.78, 5) is 12.3. The van der Waals surface area contributed by atoms with Gasteiger partial charge in [-0.2, -0.15) is 0 Å². The summed E-state index contributed by atoms with van der Waals surface area (Å²) in [5.41, 5.74) is 1.50. The Hall–Kier alpha value is -1.92. The molecule has 0 spiro atoms. The first-order valence-electron chi connectivity index (χ1n) is 7.86. The van der Waals surface area contributed by atoms with E-state index >= 15 is 0 Å². The molecule has 5 nitrogen and oxygen atoms in total. The van der Waals surface area contributed by atoms with E-state index in [1.54, 1.807) is 12.1 Å². The number of nitrogens with one attached hydrogen (secondary N) is 1. The van der Waals surface area contributed by atoms with E-state index in [-0.39, 0.29) is 5.41 Å². The van der Waals surface area contributed by atoms with Gasteiger partial charge in [0.05, 0.1) is 29.4 Å². The number of carbonyl (C=O) groups excluding carboxylic acids is 1. The van der Waals surface area contributed by atoms with Crippen LogP contribution in [0.25, 0.3) is 0 Å². The zero-order valence-electron chi connectivity index (χ0n) is 15.3. The average molecular weight is 443 g/mol. The van der Waals surface area contributed by atoms with Gasteiger partial charge in [0.2, 0.25) is 0 Å². The number of amides is 1. The summed E-state index contributed by atoms with van der Waals surface area (Å²) in [5, 5.41) is 2.97. The predicted octanol–water partition coefficient (Wildman–Crippen LogP) is 6.03. The van der Waals surface area contributed by atoms with Gasteiger partial charge < -0.3 is 14.2 Å². The molecule has 0 atom stereocenters. The fourth-order valence-corrected chi connectivity index (χ4v) is 2.94. The van der Waals surface area contributed by atoms with Gasteiger partial charge in [-0.15, -0.1) is 0 Å². The molecule has 1 N–H and O–H groups in total. The number of hydrogen-bond acceptors (Lipinski definition) is 4. The Bertz CT molecular complexity index is 818. The molecule has 0 aliphatic rings. The lowest BCUT2D eigenvalue weighted by Gasteiger charge is -2.20. The lowest BCUT2D eigenvalue weighted by atomic mass is 9.87. The van der Waals surface area contributed by atoms with Gasteiger partial charge in [0, 0.05) is 6.07 Å². The molecular weight excluding hydrogens is 422 g/mol. The van der Waals surface area contributed by atoms with E-state index in [0.29, 0.717) is 32.4 Å². The van der Waals surface area contributed by atoms with E-state index in [0.717, 1.165) is 5.56 Å². The monoisotopic (exact) mass is 441 g/mol. The number of hydrogen-bond donors (Lipinski definition) is 1. The Kier molecular flexibility index (Phi) is 6.42. The van der Waals surface area contributed by atoms with Crippen LogP contribution in [0.3, 0.4) is 0 Å². The molecule has 0 fully saturated rings. The molecule has 7 heteroatoms. The highest BCUT2D eigenvalue weighted by Gasteiger charge is 2.18. The molecular formula is C19H21BrClNO4. The fourth-order valence-electron chi connectivity index (χ4n) is 2.24. The smallest absolute Gasteiger partial charge is 0.417 e. The first-order valence-corrected chi connectivity index (χ1v) is 9.03. The van der Waals surface area contributed by atoms with Crippen molar-refractivity contribution in [3.8, 4) is 17.2 Å². The zero-order valence-corrected chi connectivity index (χ0v) is 17.6. The van der Waals surface area contributed by atoms with Crippen molar-refractivity contribution in [2.24, 2.45) is 0 Å². The summed E-state index contributed by atoms with van der Waals surface area (Å²) in [6, 6.07) is 8.75. The fraction of sp³-hybridized carbons (Fsp3) is 0.316. The maximum atomic E-state index is 12.3. The molecule has 2 aromatic rings. The minimum Gasteiger partial charge on any atom is -0.495 e. The summed E-state index contributed by atoms with van der Waals surface area (Å²) >= 11 is 9.55. The SMILES string of the molecule is COc1cc(OC)c(NC(=O)Oc2ccc(C(C)(C)C)cc2Br)cc1Cl. The van der Waals surface area contributed by atoms with Crippen LogP contribution in [0.15, 0.2) is 34.8 Å². The van der Waals surface area contributed by atoms with Gasteiger partial charge in [0.1, 0.15) is 17.2 Å². The third-order valence-corrected chi connectivity index (χ3v) is 4.63. The molecule has 0 aliphatic heterocycles. The second-order valence-electron chi connectivity index (χ2n) is 6.60. The quantitative estimate of drug-likeness (QED) is 0.628. The van der Waals surface area contributed by atoms with Crippen LogP contribution < -0.4 is 19.5 Å². The molecule has 0 bridgehead atoms. The standard InChI is InChI=1S/C19H21BrClNO4/c1-19(2,3)11-6-7-15(12(20)8-11)26-18(23)22-14-9-13(21)16(24-4)10-17(14)25-5/h6-10H,1-5H3,(H,22,23). The minimum atomic E-state index is -0.659. The van der Waals surface area contributed by atoms with Gasteiger partial charge >= 0.3 is 6.09 Å². The molecule has 0 aliphatic carbocycles. The van der Waals surface area contributed by atoms with Crippen molar-refractivity contribution < 1.29 is 19.0 Å². The molecule has 0 heterocycles. The van der Waals surface area contributed by atoms with Crippen LogP contribution in [-0.4, -0.2) is 20.3 Å². The van der Waals surface area contributed by atoms with Crippen LogP contribution in [0, 0.1) is 0 Å². The first kappa shape index (κ1) is 20.4. The van der Waals surface area contributed by atoms with Crippen molar-refractivity contribution in [1.29, 1.82) is 0 Å². The topological polar surface area (TPSA) is 56.8 Å². The largest absolute Gasteiger partial charge is 0.495 e. The Labute approximate surface area is 166 Å². The summed E-state index contributed by atoms with van der Waals surface area (Å²) in [5.74, 6) is 1.27. The van der Waals surface area contributed by atoms with E-state index in [4.69, 9.17) is 25.8 Å². The molecule has 140 valence electrons. The summed E-state index contributed by atoms with van der Waals surface area (Å²) in [6.45, 7) is 6.34. The minimum absolute atomic E-state index is 0.00345. The highest BCUT2D eigenvalue weighted by atomic mass is 79.9. The van der Waals surface area contributed by atoms with E-state index in [1.165, 1.54) is 20.3 Å². The van der Waals surface area contributed by atoms with Crippen molar-refractivity contribution in [3.63, 3.8) is 0 Å². The van der Waals surface area contributed by atoms with Crippen molar-refractivity contribution in [3.05, 3.63) is 45.4 Å². The molecule has 1 amide bonds. The number of methoxy groups -OCH3 is 2. The van der Waals surface area contributed by atoms with Crippen LogP contribution in [0.4, 0.5) is 10.5 Å². The van der Waals surface area contributed by atoms with Crippen LogP contribution in [-0.2, 0) is 5.41 Å². The maximum Gasteiger partial charge on any atom is 0.417 e. The van der Waals surface area contributed by atoms with Crippen LogP contribution in [0.1, 0.15) is 26.3 Å². The van der Waals surface area contributed by atoms with Crippen LogP contribution >= 0.6 is 27.5 Å². The normalized spacial score (nSPS) is 11.0. The van der Waals surface area contributed by atoms with Gasteiger partial charge in [-0.05, 0) is 45.1 Å². The number of halogens is 2. The van der Waals surface area contributed by atoms with E-state index in [1.807, 2.05) is 12.1 Å². The van der Waals surface area contributed by atoms with Gasteiger partial charge in [-0.3, -0.25) is 5.32 Å². The summed E-state index contributed by atoms with van der Waals surface area (Å²) in [6.07, 6.45) is -0.659. The van der Waals surface area contributed by atoms with Crippen LogP contribution in [0.5, 0.6) is 17.2 Å². The molecule has 2 aromatic carbocycles. The maximum absolute atomic E-state index is 12.3. The van der Waals surface area contributed by atoms with Crippen molar-refractivity contribution in [2.45, 2.75) is 26.2 Å². The van der Waals surface area contributed by atoms with Crippen LogP contribution in [0.2, 0.25) is 5.02 Å². The zero-order chi connectivity index (χ0) is 19.5. The molecule has 0 aromatic heterocycles. The lowest BCUT2D eigenvalue weighted by Crippen LogP contribution is -2.18. The number of benzene rings is 2. The van der Waals surface area contributed by atoms with Gasteiger partial charge in [0.15, 0.2) is 0 Å². The Balaban J connectivity index is 2.18. The number of ether oxygens (including phenoxy) is 3. The Morgan fingerprint density at radius 1 is 1.04 bits per heavy atom. The molecule has 0 saturated heterocycles. The highest BCUT2D eigenvalue weighted by Crippen LogP contribution is 2.36. The van der Waals surface area contributed by atoms with Crippen molar-refractivity contribution in [2.75, 3.05) is 19.5 Å². The van der Waals surface area contributed by atoms with Crippen molar-refractivity contribution in [1.82, 2.24) is 0 Å². The number of rotatable bonds is 4. The van der Waals surface area contributed by atoms with Gasteiger partial charge in [-0.25, -0.2) is 4.79 Å². The number of carbonyl (C=O) groups is 1. The van der Waals surface area contributed by atoms with E-state index < -0.39 is 6.09 Å². The third kappa shape index (κ3) is 4.83. The second-order valence-corrected chi connectivity index (χ2v) is 7.86. The Morgan fingerprint density at radius 3 is 2.23 bits per heavy atom. The molecule has 0 radical (unpaired) electrons. The third-order valence-electron chi connectivity index (χ3n) is 3.71. The molecule has 0 unspecified atom stereocenters. The van der Waals surface area contributed by atoms with Crippen molar-refractivity contribution >= 4 is 39.3 Å². The molecule has 0 saturated carbocycles. The number of anilines is 1. The average Bonchev–Trinajstić information content (AvgIpc) is 2.56. The summed E-state index contributed by atoms with van der Waals surface area (Å²) < 4.78 is 16.5. The Morgan fingerprint density at radius 2 is 1.69 bits per heavy atom. The van der Waals surface area contributed by atoms with Gasteiger partial charge in [0.25, 0.3) is 0 Å². The molecule has 2 rings (SSSR count). The second kappa shape index (κ2) is 8.18. The summed E-state index contributed by atoms with van der Waals surface area (Å²) in [7, 11) is 2.99. The first-order chi connectivity index (χ1) is 12.2.